The monoisotopic (exact) mass is 355 g/mol. The van der Waals surface area contributed by atoms with E-state index in [0.29, 0.717) is 38.0 Å². The van der Waals surface area contributed by atoms with Crippen molar-refractivity contribution in [3.63, 3.8) is 0 Å². The van der Waals surface area contributed by atoms with Crippen LogP contribution in [-0.2, 0) is 11.2 Å². The van der Waals surface area contributed by atoms with Crippen molar-refractivity contribution in [1.29, 1.82) is 0 Å². The van der Waals surface area contributed by atoms with Crippen molar-refractivity contribution in [1.82, 2.24) is 0 Å². The van der Waals surface area contributed by atoms with Crippen LogP contribution in [0, 0.1) is 5.41 Å². The van der Waals surface area contributed by atoms with Crippen LogP contribution in [0.25, 0.3) is 0 Å². The van der Waals surface area contributed by atoms with E-state index in [1.165, 1.54) is 0 Å². The normalized spacial score (nSPS) is 16.4. The Morgan fingerprint density at radius 3 is 2.28 bits per heavy atom. The summed E-state index contributed by atoms with van der Waals surface area (Å²) in [7, 11) is 0. The molecule has 0 radical (unpaired) electrons. The Morgan fingerprint density at radius 1 is 1.08 bits per heavy atom. The van der Waals surface area contributed by atoms with Gasteiger partial charge in [0.05, 0.1) is 38.6 Å². The zero-order chi connectivity index (χ0) is 18.7. The second kappa shape index (κ2) is 11.4. The third kappa shape index (κ3) is 8.16. The van der Waals surface area contributed by atoms with Gasteiger partial charge in [0.25, 0.3) is 0 Å². The molecule has 6 N–H and O–H groups in total. The van der Waals surface area contributed by atoms with Gasteiger partial charge in [0.1, 0.15) is 0 Å². The van der Waals surface area contributed by atoms with E-state index in [2.05, 4.69) is 0 Å². The minimum absolute atomic E-state index is 0.00661. The molecule has 3 atom stereocenters. The fourth-order valence-corrected chi connectivity index (χ4v) is 2.74. The Hall–Kier alpha value is -1.18. The molecule has 0 aliphatic carbocycles. The molecule has 1 aromatic carbocycles. The lowest BCUT2D eigenvalue weighted by molar-refractivity contribution is -0.0325. The Labute approximate surface area is 150 Å². The van der Waals surface area contributed by atoms with Crippen LogP contribution < -0.4 is 5.73 Å². The highest BCUT2D eigenvalue weighted by atomic mass is 16.5. The van der Waals surface area contributed by atoms with Gasteiger partial charge < -0.3 is 30.9 Å². The third-order valence-electron chi connectivity index (χ3n) is 4.65. The smallest absolute Gasteiger partial charge is 0.0773 e. The minimum Gasteiger partial charge on any atom is -0.399 e. The van der Waals surface area contributed by atoms with Crippen molar-refractivity contribution >= 4 is 5.69 Å². The third-order valence-corrected chi connectivity index (χ3v) is 4.65. The van der Waals surface area contributed by atoms with Crippen LogP contribution in [0.1, 0.15) is 38.2 Å². The molecule has 144 valence electrons. The lowest BCUT2D eigenvalue weighted by atomic mass is 9.80. The van der Waals surface area contributed by atoms with E-state index in [0.717, 1.165) is 12.0 Å². The molecular formula is C19H33NO5. The van der Waals surface area contributed by atoms with Gasteiger partial charge >= 0.3 is 0 Å². The quantitative estimate of drug-likeness (QED) is 0.338. The maximum absolute atomic E-state index is 9.95. The fraction of sp³-hybridized carbons (Fsp3) is 0.684. The van der Waals surface area contributed by atoms with E-state index < -0.39 is 12.2 Å². The van der Waals surface area contributed by atoms with Gasteiger partial charge in [-0.1, -0.05) is 19.1 Å². The number of anilines is 1. The molecule has 0 amide bonds. The Balaban J connectivity index is 2.42. The second-order valence-corrected chi connectivity index (χ2v) is 6.87. The van der Waals surface area contributed by atoms with Crippen LogP contribution in [0.5, 0.6) is 0 Å². The van der Waals surface area contributed by atoms with Crippen molar-refractivity contribution in [2.24, 2.45) is 5.41 Å². The van der Waals surface area contributed by atoms with Gasteiger partial charge in [0.2, 0.25) is 0 Å². The standard InChI is InChI=1S/C19H33NO5/c1-2-19(13-22,10-15-6-8-16(20)9-7-15)14-25-12-18(24)5-3-4-17(23)11-21/h6-9,17-18,21-24H,2-5,10-14,20H2,1H3. The number of hydrogen-bond donors (Lipinski definition) is 5. The second-order valence-electron chi connectivity index (χ2n) is 6.87. The van der Waals surface area contributed by atoms with E-state index in [1.807, 2.05) is 31.2 Å². The lowest BCUT2D eigenvalue weighted by Crippen LogP contribution is -2.34. The average Bonchev–Trinajstić information content (AvgIpc) is 2.62. The van der Waals surface area contributed by atoms with Gasteiger partial charge in [0, 0.05) is 11.1 Å². The molecule has 6 nitrogen and oxygen atoms in total. The first-order valence-corrected chi connectivity index (χ1v) is 8.94. The first kappa shape index (κ1) is 21.9. The molecule has 0 bridgehead atoms. The molecule has 0 saturated heterocycles. The largest absolute Gasteiger partial charge is 0.399 e. The first-order chi connectivity index (χ1) is 11.9. The van der Waals surface area contributed by atoms with E-state index in [1.54, 1.807) is 0 Å². The molecule has 0 aliphatic heterocycles. The van der Waals surface area contributed by atoms with Crippen LogP contribution >= 0.6 is 0 Å². The average molecular weight is 355 g/mol. The molecule has 0 aromatic heterocycles. The molecule has 0 spiro atoms. The number of ether oxygens (including phenoxy) is 1. The summed E-state index contributed by atoms with van der Waals surface area (Å²) in [5.41, 5.74) is 7.12. The van der Waals surface area contributed by atoms with E-state index in [4.69, 9.17) is 15.6 Å². The zero-order valence-corrected chi connectivity index (χ0v) is 15.1. The maximum atomic E-state index is 9.95. The number of nitrogen functional groups attached to an aromatic ring is 1. The molecule has 0 fully saturated rings. The van der Waals surface area contributed by atoms with E-state index >= 15 is 0 Å². The Kier molecular flexibility index (Phi) is 10.0. The number of aliphatic hydroxyl groups is 4. The lowest BCUT2D eigenvalue weighted by Gasteiger charge is -2.31. The predicted octanol–water partition coefficient (Wildman–Crippen LogP) is 1.10. The number of benzene rings is 1. The fourth-order valence-electron chi connectivity index (χ4n) is 2.74. The van der Waals surface area contributed by atoms with Gasteiger partial charge in [-0.25, -0.2) is 0 Å². The summed E-state index contributed by atoms with van der Waals surface area (Å²) < 4.78 is 5.68. The summed E-state index contributed by atoms with van der Waals surface area (Å²) >= 11 is 0. The SMILES string of the molecule is CCC(CO)(COCC(O)CCCC(O)CO)Cc1ccc(N)cc1. The highest BCUT2D eigenvalue weighted by Gasteiger charge is 2.28. The number of aliphatic hydroxyl groups excluding tert-OH is 4. The Morgan fingerprint density at radius 2 is 1.72 bits per heavy atom. The van der Waals surface area contributed by atoms with Crippen LogP contribution in [-0.4, -0.2) is 59.1 Å². The maximum Gasteiger partial charge on any atom is 0.0773 e. The number of rotatable bonds is 13. The zero-order valence-electron chi connectivity index (χ0n) is 15.1. The topological polar surface area (TPSA) is 116 Å². The molecular weight excluding hydrogens is 322 g/mol. The molecule has 25 heavy (non-hydrogen) atoms. The molecule has 0 heterocycles. The van der Waals surface area contributed by atoms with Gasteiger partial charge in [-0.05, 0) is 49.8 Å². The van der Waals surface area contributed by atoms with Crippen LogP contribution in [0.15, 0.2) is 24.3 Å². The summed E-state index contributed by atoms with van der Waals surface area (Å²) in [5.74, 6) is 0. The summed E-state index contributed by atoms with van der Waals surface area (Å²) in [4.78, 5) is 0. The summed E-state index contributed by atoms with van der Waals surface area (Å²) in [6.45, 7) is 2.32. The van der Waals surface area contributed by atoms with Crippen molar-refractivity contribution in [2.75, 3.05) is 32.2 Å². The van der Waals surface area contributed by atoms with Gasteiger partial charge in [-0.2, -0.15) is 0 Å². The molecule has 0 aliphatic rings. The van der Waals surface area contributed by atoms with Crippen molar-refractivity contribution in [2.45, 2.75) is 51.2 Å². The van der Waals surface area contributed by atoms with Gasteiger partial charge in [-0.15, -0.1) is 0 Å². The first-order valence-electron chi connectivity index (χ1n) is 8.94. The highest BCUT2D eigenvalue weighted by Crippen LogP contribution is 2.28. The predicted molar refractivity (Wildman–Crippen MR) is 98.1 cm³/mol. The van der Waals surface area contributed by atoms with Crippen molar-refractivity contribution in [3.05, 3.63) is 29.8 Å². The summed E-state index contributed by atoms with van der Waals surface area (Å²) in [6.07, 6.45) is 1.68. The molecule has 0 saturated carbocycles. The molecule has 1 aromatic rings. The Bertz CT molecular complexity index is 461. The van der Waals surface area contributed by atoms with E-state index in [9.17, 15) is 15.3 Å². The number of nitrogens with two attached hydrogens (primary N) is 1. The van der Waals surface area contributed by atoms with Gasteiger partial charge in [0.15, 0.2) is 0 Å². The molecule has 6 heteroatoms. The number of hydrogen-bond acceptors (Lipinski definition) is 6. The molecule has 3 unspecified atom stereocenters. The van der Waals surface area contributed by atoms with E-state index in [-0.39, 0.29) is 25.2 Å². The van der Waals surface area contributed by atoms with Crippen LogP contribution in [0.2, 0.25) is 0 Å². The summed E-state index contributed by atoms with van der Waals surface area (Å²) in [5, 5.41) is 37.9. The summed E-state index contributed by atoms with van der Waals surface area (Å²) in [6, 6.07) is 7.60. The van der Waals surface area contributed by atoms with Crippen molar-refractivity contribution in [3.8, 4) is 0 Å². The molecule has 1 rings (SSSR count). The van der Waals surface area contributed by atoms with Crippen LogP contribution in [0.4, 0.5) is 5.69 Å². The highest BCUT2D eigenvalue weighted by molar-refractivity contribution is 5.39. The minimum atomic E-state index is -0.727. The van der Waals surface area contributed by atoms with Gasteiger partial charge in [-0.3, -0.25) is 0 Å². The van der Waals surface area contributed by atoms with Crippen molar-refractivity contribution < 1.29 is 25.2 Å². The van der Waals surface area contributed by atoms with Crippen LogP contribution in [0.3, 0.4) is 0 Å².